The number of hydrogen-bond acceptors (Lipinski definition) is 4. The first-order chi connectivity index (χ1) is 8.76. The summed E-state index contributed by atoms with van der Waals surface area (Å²) in [6.45, 7) is 2.78. The van der Waals surface area contributed by atoms with Crippen LogP contribution in [0.5, 0.6) is 5.75 Å². The lowest BCUT2D eigenvalue weighted by molar-refractivity contribution is -0.143. The number of unbranched alkanes of at least 4 members (excludes halogenated alkanes) is 1. The normalized spacial score (nSPS) is 9.83. The van der Waals surface area contributed by atoms with Gasteiger partial charge in [0.15, 0.2) is 0 Å². The number of carbonyl (C=O) groups excluding carboxylic acids is 2. The number of benzene rings is 1. The third-order valence-corrected chi connectivity index (χ3v) is 2.37. The van der Waals surface area contributed by atoms with Crippen LogP contribution in [0.25, 0.3) is 0 Å². The molecule has 0 aliphatic heterocycles. The van der Waals surface area contributed by atoms with Crippen LogP contribution in [0.15, 0.2) is 24.3 Å². The summed E-state index contributed by atoms with van der Waals surface area (Å²) in [5.41, 5.74) is 0.629. The lowest BCUT2D eigenvalue weighted by Gasteiger charge is -2.06. The lowest BCUT2D eigenvalue weighted by atomic mass is 10.2. The highest BCUT2D eigenvalue weighted by Crippen LogP contribution is 2.11. The van der Waals surface area contributed by atoms with Crippen molar-refractivity contribution in [2.45, 2.75) is 26.2 Å². The van der Waals surface area contributed by atoms with E-state index in [1.165, 1.54) is 0 Å². The Morgan fingerprint density at radius 3 is 2.56 bits per heavy atom. The highest BCUT2D eigenvalue weighted by molar-refractivity contribution is 5.74. The molecule has 98 valence electrons. The van der Waals surface area contributed by atoms with Crippen LogP contribution >= 0.6 is 0 Å². The van der Waals surface area contributed by atoms with E-state index in [1.807, 2.05) is 0 Å². The summed E-state index contributed by atoms with van der Waals surface area (Å²) in [7, 11) is 0. The van der Waals surface area contributed by atoms with Gasteiger partial charge in [0, 0.05) is 12.0 Å². The summed E-state index contributed by atoms with van der Waals surface area (Å²) in [4.78, 5) is 21.5. The van der Waals surface area contributed by atoms with Gasteiger partial charge in [-0.2, -0.15) is 0 Å². The molecule has 0 aliphatic carbocycles. The van der Waals surface area contributed by atoms with Gasteiger partial charge in [0.1, 0.15) is 12.0 Å². The zero-order chi connectivity index (χ0) is 13.2. The van der Waals surface area contributed by atoms with Crippen molar-refractivity contribution < 1.29 is 19.1 Å². The van der Waals surface area contributed by atoms with Gasteiger partial charge in [-0.3, -0.25) is 9.59 Å². The van der Waals surface area contributed by atoms with Crippen molar-refractivity contribution in [1.29, 1.82) is 0 Å². The van der Waals surface area contributed by atoms with Gasteiger partial charge in [-0.1, -0.05) is 0 Å². The first-order valence-electron chi connectivity index (χ1n) is 6.10. The van der Waals surface area contributed by atoms with Crippen LogP contribution in [-0.2, 0) is 9.53 Å². The summed E-state index contributed by atoms with van der Waals surface area (Å²) in [5, 5.41) is 0. The Bertz CT molecular complexity index is 370. The molecule has 0 spiro atoms. The molecule has 4 heteroatoms. The number of aldehydes is 1. The number of esters is 1. The molecule has 0 N–H and O–H groups in total. The molecule has 4 nitrogen and oxygen atoms in total. The van der Waals surface area contributed by atoms with Crippen LogP contribution in [0.4, 0.5) is 0 Å². The van der Waals surface area contributed by atoms with E-state index in [0.29, 0.717) is 25.2 Å². The van der Waals surface area contributed by atoms with Gasteiger partial charge in [-0.15, -0.1) is 0 Å². The van der Waals surface area contributed by atoms with Crippen molar-refractivity contribution in [1.82, 2.24) is 0 Å². The first-order valence-corrected chi connectivity index (χ1v) is 6.10. The van der Waals surface area contributed by atoms with E-state index in [9.17, 15) is 9.59 Å². The van der Waals surface area contributed by atoms with E-state index in [1.54, 1.807) is 31.2 Å². The molecule has 1 rings (SSSR count). The molecule has 0 fully saturated rings. The second-order valence-electron chi connectivity index (χ2n) is 3.80. The third kappa shape index (κ3) is 5.48. The average molecular weight is 250 g/mol. The van der Waals surface area contributed by atoms with Gasteiger partial charge in [0.25, 0.3) is 0 Å². The Kier molecular flexibility index (Phi) is 6.54. The van der Waals surface area contributed by atoms with Crippen molar-refractivity contribution in [2.75, 3.05) is 13.2 Å². The maximum Gasteiger partial charge on any atom is 0.305 e. The van der Waals surface area contributed by atoms with Crippen LogP contribution in [0.2, 0.25) is 0 Å². The number of carbonyl (C=O) groups is 2. The Balaban J connectivity index is 2.13. The maximum absolute atomic E-state index is 11.1. The number of rotatable bonds is 8. The predicted octanol–water partition coefficient (Wildman–Crippen LogP) is 2.61. The van der Waals surface area contributed by atoms with E-state index in [0.717, 1.165) is 24.9 Å². The average Bonchev–Trinajstić information content (AvgIpc) is 2.39. The third-order valence-electron chi connectivity index (χ3n) is 2.37. The minimum atomic E-state index is -0.159. The lowest BCUT2D eigenvalue weighted by Crippen LogP contribution is -2.05. The van der Waals surface area contributed by atoms with Gasteiger partial charge in [0.2, 0.25) is 0 Å². The highest BCUT2D eigenvalue weighted by atomic mass is 16.5. The second kappa shape index (κ2) is 8.28. The summed E-state index contributed by atoms with van der Waals surface area (Å²) >= 11 is 0. The van der Waals surface area contributed by atoms with Crippen molar-refractivity contribution >= 4 is 12.3 Å². The Morgan fingerprint density at radius 2 is 1.94 bits per heavy atom. The fourth-order valence-electron chi connectivity index (χ4n) is 1.44. The van der Waals surface area contributed by atoms with Crippen molar-refractivity contribution in [3.8, 4) is 5.75 Å². The Morgan fingerprint density at radius 1 is 1.22 bits per heavy atom. The molecule has 1 aromatic carbocycles. The highest BCUT2D eigenvalue weighted by Gasteiger charge is 2.01. The molecule has 0 amide bonds. The summed E-state index contributed by atoms with van der Waals surface area (Å²) < 4.78 is 10.3. The van der Waals surface area contributed by atoms with E-state index in [-0.39, 0.29) is 5.97 Å². The largest absolute Gasteiger partial charge is 0.494 e. The molecule has 0 aliphatic rings. The van der Waals surface area contributed by atoms with Crippen LogP contribution in [0.3, 0.4) is 0 Å². The quantitative estimate of drug-likeness (QED) is 0.404. The van der Waals surface area contributed by atoms with Crippen LogP contribution in [0, 0.1) is 0 Å². The van der Waals surface area contributed by atoms with E-state index >= 15 is 0 Å². The van der Waals surface area contributed by atoms with Gasteiger partial charge >= 0.3 is 5.97 Å². The molecule has 0 aromatic heterocycles. The van der Waals surface area contributed by atoms with Crippen molar-refractivity contribution in [2.24, 2.45) is 0 Å². The molecular formula is C14H18O4. The molecular weight excluding hydrogens is 232 g/mol. The minimum absolute atomic E-state index is 0.159. The fraction of sp³-hybridized carbons (Fsp3) is 0.429. The van der Waals surface area contributed by atoms with E-state index in [4.69, 9.17) is 9.47 Å². The van der Waals surface area contributed by atoms with E-state index < -0.39 is 0 Å². The standard InChI is InChI=1S/C14H18O4/c1-2-17-14(16)5-3-4-10-18-13-8-6-12(11-15)7-9-13/h6-9,11H,2-5,10H2,1H3. The summed E-state index contributed by atoms with van der Waals surface area (Å²) in [6, 6.07) is 6.94. The van der Waals surface area contributed by atoms with E-state index in [2.05, 4.69) is 0 Å². The molecule has 18 heavy (non-hydrogen) atoms. The molecule has 0 heterocycles. The molecule has 1 aromatic rings. The Hall–Kier alpha value is -1.84. The Labute approximate surface area is 107 Å². The van der Waals surface area contributed by atoms with Crippen LogP contribution in [-0.4, -0.2) is 25.5 Å². The SMILES string of the molecule is CCOC(=O)CCCCOc1ccc(C=O)cc1. The maximum atomic E-state index is 11.1. The smallest absolute Gasteiger partial charge is 0.305 e. The van der Waals surface area contributed by atoms with Crippen LogP contribution in [0.1, 0.15) is 36.5 Å². The van der Waals surface area contributed by atoms with Crippen molar-refractivity contribution in [3.05, 3.63) is 29.8 Å². The minimum Gasteiger partial charge on any atom is -0.494 e. The number of hydrogen-bond donors (Lipinski definition) is 0. The zero-order valence-corrected chi connectivity index (χ0v) is 10.6. The molecule has 0 unspecified atom stereocenters. The first kappa shape index (κ1) is 14.2. The molecule has 0 atom stereocenters. The topological polar surface area (TPSA) is 52.6 Å². The van der Waals surface area contributed by atoms with Crippen molar-refractivity contribution in [3.63, 3.8) is 0 Å². The molecule has 0 radical (unpaired) electrons. The van der Waals surface area contributed by atoms with Gasteiger partial charge in [0.05, 0.1) is 13.2 Å². The zero-order valence-electron chi connectivity index (χ0n) is 10.6. The van der Waals surface area contributed by atoms with Gasteiger partial charge < -0.3 is 9.47 Å². The monoisotopic (exact) mass is 250 g/mol. The second-order valence-corrected chi connectivity index (χ2v) is 3.80. The molecule has 0 saturated heterocycles. The summed E-state index contributed by atoms with van der Waals surface area (Å²) in [5.74, 6) is 0.574. The number of ether oxygens (including phenoxy) is 2. The van der Waals surface area contributed by atoms with Gasteiger partial charge in [-0.05, 0) is 44.0 Å². The molecule has 0 saturated carbocycles. The van der Waals surface area contributed by atoms with Crippen LogP contribution < -0.4 is 4.74 Å². The predicted molar refractivity (Wildman–Crippen MR) is 67.8 cm³/mol. The fourth-order valence-corrected chi connectivity index (χ4v) is 1.44. The van der Waals surface area contributed by atoms with Gasteiger partial charge in [-0.25, -0.2) is 0 Å². The molecule has 0 bridgehead atoms. The summed E-state index contributed by atoms with van der Waals surface area (Å²) in [6.07, 6.45) is 2.78.